The molecule has 0 unspecified atom stereocenters. The fourth-order valence-electron chi connectivity index (χ4n) is 1.26. The van der Waals surface area contributed by atoms with Crippen molar-refractivity contribution >= 4 is 11.9 Å². The van der Waals surface area contributed by atoms with Crippen molar-refractivity contribution in [2.75, 3.05) is 20.3 Å². The van der Waals surface area contributed by atoms with E-state index in [1.165, 1.54) is 0 Å². The predicted octanol–water partition coefficient (Wildman–Crippen LogP) is 1.38. The Kier molecular flexibility index (Phi) is 5.70. The van der Waals surface area contributed by atoms with Crippen LogP contribution in [-0.4, -0.2) is 32.1 Å². The van der Waals surface area contributed by atoms with Crippen LogP contribution in [0.15, 0.2) is 24.3 Å². The van der Waals surface area contributed by atoms with Gasteiger partial charge in [0.1, 0.15) is 5.75 Å². The summed E-state index contributed by atoms with van der Waals surface area (Å²) in [5.41, 5.74) is 0.388. The molecule has 1 N–H and O–H groups in total. The predicted molar refractivity (Wildman–Crippen MR) is 66.6 cm³/mol. The molecule has 1 rings (SSSR count). The van der Waals surface area contributed by atoms with Crippen molar-refractivity contribution in [2.45, 2.75) is 13.3 Å². The van der Waals surface area contributed by atoms with E-state index < -0.39 is 5.97 Å². The van der Waals surface area contributed by atoms with Crippen LogP contribution in [0.5, 0.6) is 5.75 Å². The Bertz CT molecular complexity index is 400. The van der Waals surface area contributed by atoms with Gasteiger partial charge in [-0.2, -0.15) is 0 Å². The van der Waals surface area contributed by atoms with Gasteiger partial charge in [-0.3, -0.25) is 4.79 Å². The van der Waals surface area contributed by atoms with E-state index in [0.29, 0.717) is 17.9 Å². The summed E-state index contributed by atoms with van der Waals surface area (Å²) in [6.07, 6.45) is 0.845. The van der Waals surface area contributed by atoms with Crippen LogP contribution in [0.1, 0.15) is 23.7 Å². The zero-order valence-corrected chi connectivity index (χ0v) is 10.6. The molecular formula is C13H17NO4. The number of amides is 1. The lowest BCUT2D eigenvalue weighted by Crippen LogP contribution is -2.29. The maximum Gasteiger partial charge on any atom is 0.338 e. The fourth-order valence-corrected chi connectivity index (χ4v) is 1.26. The van der Waals surface area contributed by atoms with Crippen LogP contribution in [-0.2, 0) is 9.53 Å². The number of nitrogens with one attached hydrogen (secondary N) is 1. The van der Waals surface area contributed by atoms with Gasteiger partial charge in [-0.15, -0.1) is 0 Å². The topological polar surface area (TPSA) is 64.6 Å². The monoisotopic (exact) mass is 251 g/mol. The van der Waals surface area contributed by atoms with Crippen LogP contribution in [0.2, 0.25) is 0 Å². The van der Waals surface area contributed by atoms with E-state index in [1.54, 1.807) is 31.4 Å². The first-order valence-electron chi connectivity index (χ1n) is 5.75. The normalized spacial score (nSPS) is 9.67. The number of hydrogen-bond acceptors (Lipinski definition) is 4. The standard InChI is InChI=1S/C13H17NO4/c1-3-8-14-12(15)9-18-13(16)10-4-6-11(17-2)7-5-10/h4-7H,3,8-9H2,1-2H3,(H,14,15). The summed E-state index contributed by atoms with van der Waals surface area (Å²) in [7, 11) is 1.55. The molecule has 0 heterocycles. The highest BCUT2D eigenvalue weighted by atomic mass is 16.5. The summed E-state index contributed by atoms with van der Waals surface area (Å²) in [6.45, 7) is 2.27. The van der Waals surface area contributed by atoms with Crippen molar-refractivity contribution in [3.8, 4) is 5.75 Å². The average Bonchev–Trinajstić information content (AvgIpc) is 2.42. The van der Waals surface area contributed by atoms with E-state index in [2.05, 4.69) is 5.32 Å². The van der Waals surface area contributed by atoms with Crippen LogP contribution < -0.4 is 10.1 Å². The van der Waals surface area contributed by atoms with Gasteiger partial charge in [0.2, 0.25) is 0 Å². The van der Waals surface area contributed by atoms with Gasteiger partial charge in [-0.25, -0.2) is 4.79 Å². The Balaban J connectivity index is 2.42. The molecule has 0 spiro atoms. The second kappa shape index (κ2) is 7.32. The number of hydrogen-bond donors (Lipinski definition) is 1. The van der Waals surface area contributed by atoms with Gasteiger partial charge in [0, 0.05) is 6.54 Å². The molecule has 0 aliphatic rings. The van der Waals surface area contributed by atoms with Crippen LogP contribution in [0.3, 0.4) is 0 Å². The first kappa shape index (κ1) is 14.0. The van der Waals surface area contributed by atoms with E-state index in [0.717, 1.165) is 6.42 Å². The molecule has 0 bridgehead atoms. The SMILES string of the molecule is CCCNC(=O)COC(=O)c1ccc(OC)cc1. The molecule has 0 aromatic heterocycles. The number of rotatable bonds is 6. The summed E-state index contributed by atoms with van der Waals surface area (Å²) in [5, 5.41) is 2.62. The Morgan fingerprint density at radius 3 is 2.44 bits per heavy atom. The summed E-state index contributed by atoms with van der Waals surface area (Å²) < 4.78 is 9.84. The number of esters is 1. The second-order valence-electron chi connectivity index (χ2n) is 3.65. The van der Waals surface area contributed by atoms with E-state index in [9.17, 15) is 9.59 Å². The Labute approximate surface area is 106 Å². The second-order valence-corrected chi connectivity index (χ2v) is 3.65. The van der Waals surface area contributed by atoms with Crippen molar-refractivity contribution in [1.82, 2.24) is 5.32 Å². The maximum atomic E-state index is 11.6. The maximum absolute atomic E-state index is 11.6. The third-order valence-electron chi connectivity index (χ3n) is 2.23. The molecular weight excluding hydrogens is 234 g/mol. The van der Waals surface area contributed by atoms with Gasteiger partial charge >= 0.3 is 5.97 Å². The molecule has 5 nitrogen and oxygen atoms in total. The lowest BCUT2D eigenvalue weighted by Gasteiger charge is -2.06. The van der Waals surface area contributed by atoms with Gasteiger partial charge in [0.05, 0.1) is 12.7 Å². The zero-order chi connectivity index (χ0) is 13.4. The highest BCUT2D eigenvalue weighted by Crippen LogP contribution is 2.11. The number of benzene rings is 1. The van der Waals surface area contributed by atoms with E-state index in [1.807, 2.05) is 6.92 Å². The minimum Gasteiger partial charge on any atom is -0.497 e. The van der Waals surface area contributed by atoms with Crippen LogP contribution >= 0.6 is 0 Å². The van der Waals surface area contributed by atoms with Crippen LogP contribution in [0.4, 0.5) is 0 Å². The highest BCUT2D eigenvalue weighted by Gasteiger charge is 2.09. The number of carbonyl (C=O) groups excluding carboxylic acids is 2. The molecule has 1 aromatic carbocycles. The molecule has 5 heteroatoms. The first-order valence-corrected chi connectivity index (χ1v) is 5.75. The third kappa shape index (κ3) is 4.45. The minimum absolute atomic E-state index is 0.259. The molecule has 18 heavy (non-hydrogen) atoms. The summed E-state index contributed by atoms with van der Waals surface area (Å²) in [5.74, 6) is -0.157. The molecule has 98 valence electrons. The fraction of sp³-hybridized carbons (Fsp3) is 0.385. The number of methoxy groups -OCH3 is 1. The van der Waals surface area contributed by atoms with Crippen LogP contribution in [0, 0.1) is 0 Å². The van der Waals surface area contributed by atoms with Gasteiger partial charge in [0.25, 0.3) is 5.91 Å². The van der Waals surface area contributed by atoms with Gasteiger partial charge < -0.3 is 14.8 Å². The van der Waals surface area contributed by atoms with Gasteiger partial charge in [-0.05, 0) is 30.7 Å². The Morgan fingerprint density at radius 1 is 1.22 bits per heavy atom. The number of carbonyl (C=O) groups is 2. The van der Waals surface area contributed by atoms with E-state index in [4.69, 9.17) is 9.47 Å². The van der Waals surface area contributed by atoms with Crippen molar-refractivity contribution in [2.24, 2.45) is 0 Å². The van der Waals surface area contributed by atoms with Crippen molar-refractivity contribution in [3.63, 3.8) is 0 Å². The largest absolute Gasteiger partial charge is 0.497 e. The molecule has 0 saturated heterocycles. The van der Waals surface area contributed by atoms with Crippen molar-refractivity contribution in [1.29, 1.82) is 0 Å². The number of ether oxygens (including phenoxy) is 2. The quantitative estimate of drug-likeness (QED) is 0.776. The molecule has 1 amide bonds. The molecule has 0 radical (unpaired) electrons. The van der Waals surface area contributed by atoms with E-state index in [-0.39, 0.29) is 12.5 Å². The molecule has 0 aliphatic heterocycles. The van der Waals surface area contributed by atoms with Crippen molar-refractivity contribution < 1.29 is 19.1 Å². The Morgan fingerprint density at radius 2 is 1.89 bits per heavy atom. The molecule has 0 aliphatic carbocycles. The van der Waals surface area contributed by atoms with E-state index >= 15 is 0 Å². The third-order valence-corrected chi connectivity index (χ3v) is 2.23. The molecule has 1 aromatic rings. The average molecular weight is 251 g/mol. The lowest BCUT2D eigenvalue weighted by atomic mass is 10.2. The highest BCUT2D eigenvalue weighted by molar-refractivity contribution is 5.91. The minimum atomic E-state index is -0.524. The molecule has 0 saturated carbocycles. The summed E-state index contributed by atoms with van der Waals surface area (Å²) >= 11 is 0. The zero-order valence-electron chi connectivity index (χ0n) is 10.6. The smallest absolute Gasteiger partial charge is 0.338 e. The first-order chi connectivity index (χ1) is 8.67. The van der Waals surface area contributed by atoms with Crippen LogP contribution in [0.25, 0.3) is 0 Å². The molecule has 0 fully saturated rings. The van der Waals surface area contributed by atoms with Crippen molar-refractivity contribution in [3.05, 3.63) is 29.8 Å². The lowest BCUT2D eigenvalue weighted by molar-refractivity contribution is -0.124. The summed E-state index contributed by atoms with van der Waals surface area (Å²) in [6, 6.07) is 6.50. The summed E-state index contributed by atoms with van der Waals surface area (Å²) in [4.78, 5) is 22.8. The van der Waals surface area contributed by atoms with Gasteiger partial charge in [0.15, 0.2) is 6.61 Å². The molecule has 0 atom stereocenters. The Hall–Kier alpha value is -2.04. The van der Waals surface area contributed by atoms with Gasteiger partial charge in [-0.1, -0.05) is 6.92 Å².